The van der Waals surface area contributed by atoms with Gasteiger partial charge in [-0.1, -0.05) is 60.4 Å². The van der Waals surface area contributed by atoms with E-state index in [2.05, 4.69) is 5.16 Å². The minimum Gasteiger partial charge on any atom is -0.489 e. The number of aromatic nitrogens is 1. The Morgan fingerprint density at radius 1 is 1.03 bits per heavy atom. The lowest BCUT2D eigenvalue weighted by Gasteiger charge is -2.11. The molecule has 5 rings (SSSR count). The molecule has 0 unspecified atom stereocenters. The Morgan fingerprint density at radius 2 is 1.75 bits per heavy atom. The molecule has 0 radical (unpaired) electrons. The molecule has 0 aliphatic rings. The molecule has 2 aromatic heterocycles. The third-order valence-electron chi connectivity index (χ3n) is 5.83. The van der Waals surface area contributed by atoms with Gasteiger partial charge in [-0.3, -0.25) is 4.79 Å². The molecule has 0 atom stereocenters. The van der Waals surface area contributed by atoms with Crippen molar-refractivity contribution < 1.29 is 18.1 Å². The molecule has 0 aliphatic carbocycles. The summed E-state index contributed by atoms with van der Waals surface area (Å²) < 4.78 is 30.7. The molecule has 0 bridgehead atoms. The van der Waals surface area contributed by atoms with Gasteiger partial charge < -0.3 is 13.7 Å². The number of hydrogen-bond acceptors (Lipinski definition) is 5. The Morgan fingerprint density at radius 3 is 2.44 bits per heavy atom. The first kappa shape index (κ1) is 24.1. The Hall–Kier alpha value is -3.61. The van der Waals surface area contributed by atoms with Crippen LogP contribution in [-0.4, -0.2) is 5.16 Å². The molecule has 0 saturated carbocycles. The van der Waals surface area contributed by atoms with E-state index in [-0.39, 0.29) is 23.8 Å². The van der Waals surface area contributed by atoms with Crippen LogP contribution in [0.5, 0.6) is 5.75 Å². The van der Waals surface area contributed by atoms with E-state index in [9.17, 15) is 9.18 Å². The summed E-state index contributed by atoms with van der Waals surface area (Å²) in [5, 5.41) is 5.54. The van der Waals surface area contributed by atoms with Crippen molar-refractivity contribution in [2.75, 3.05) is 0 Å². The highest BCUT2D eigenvalue weighted by atomic mass is 35.5. The molecule has 5 nitrogen and oxygen atoms in total. The highest BCUT2D eigenvalue weighted by Gasteiger charge is 2.24. The lowest BCUT2D eigenvalue weighted by Crippen LogP contribution is -2.05. The van der Waals surface area contributed by atoms with Gasteiger partial charge in [-0.05, 0) is 42.0 Å². The summed E-state index contributed by atoms with van der Waals surface area (Å²) in [4.78, 5) is 13.0. The summed E-state index contributed by atoms with van der Waals surface area (Å²) in [6.07, 6.45) is 1.37. The second kappa shape index (κ2) is 9.80. The molecule has 182 valence electrons. The van der Waals surface area contributed by atoms with E-state index in [0.717, 1.165) is 5.56 Å². The molecule has 0 fully saturated rings. The predicted molar refractivity (Wildman–Crippen MR) is 138 cm³/mol. The zero-order chi connectivity index (χ0) is 25.4. The van der Waals surface area contributed by atoms with Crippen molar-refractivity contribution in [3.8, 4) is 28.1 Å². The zero-order valence-electron chi connectivity index (χ0n) is 19.3. The number of benzene rings is 3. The van der Waals surface area contributed by atoms with E-state index >= 15 is 0 Å². The van der Waals surface area contributed by atoms with Crippen LogP contribution in [0.2, 0.25) is 10.0 Å². The summed E-state index contributed by atoms with van der Waals surface area (Å²) in [5.74, 6) is 0.828. The molecule has 8 heteroatoms. The smallest absolute Gasteiger partial charge is 0.200 e. The number of rotatable bonds is 6. The molecule has 3 aromatic carbocycles. The van der Waals surface area contributed by atoms with Crippen LogP contribution in [0.4, 0.5) is 4.39 Å². The second-order valence-corrected chi connectivity index (χ2v) is 9.37. The normalized spacial score (nSPS) is 11.4. The first-order valence-electron chi connectivity index (χ1n) is 11.2. The van der Waals surface area contributed by atoms with Crippen LogP contribution in [0, 0.1) is 5.82 Å². The third-order valence-corrected chi connectivity index (χ3v) is 6.46. The van der Waals surface area contributed by atoms with Crippen molar-refractivity contribution in [3.63, 3.8) is 0 Å². The third kappa shape index (κ3) is 4.50. The van der Waals surface area contributed by atoms with Crippen LogP contribution in [0.25, 0.3) is 33.4 Å². The van der Waals surface area contributed by atoms with Crippen LogP contribution in [0.3, 0.4) is 0 Å². The number of hydrogen-bond donors (Lipinski definition) is 0. The van der Waals surface area contributed by atoms with Crippen molar-refractivity contribution >= 4 is 34.2 Å². The quantitative estimate of drug-likeness (QED) is 0.224. The summed E-state index contributed by atoms with van der Waals surface area (Å²) in [6, 6.07) is 15.9. The number of halogens is 3. The standard InChI is InChI=1S/C28H20Cl2FNO4/c1-15(2)28-21(26(32-36-28)25-22(29)4-3-5-23(25)30)14-34-18-10-11-19-24(12-18)35-13-20(27(19)33)16-6-8-17(31)9-7-16/h3-13,15H,14H2,1-2H3. The molecule has 0 N–H and O–H groups in total. The minimum atomic E-state index is -0.376. The highest BCUT2D eigenvalue weighted by Crippen LogP contribution is 2.39. The van der Waals surface area contributed by atoms with Crippen molar-refractivity contribution in [3.05, 3.63) is 104 Å². The van der Waals surface area contributed by atoms with Crippen molar-refractivity contribution in [2.24, 2.45) is 0 Å². The van der Waals surface area contributed by atoms with Gasteiger partial charge in [0.05, 0.1) is 26.6 Å². The average Bonchev–Trinajstić information content (AvgIpc) is 3.27. The van der Waals surface area contributed by atoms with E-state index in [0.29, 0.717) is 54.9 Å². The van der Waals surface area contributed by atoms with Crippen LogP contribution in [0.15, 0.2) is 80.7 Å². The molecule has 0 aliphatic heterocycles. The van der Waals surface area contributed by atoms with Crippen molar-refractivity contribution in [2.45, 2.75) is 26.4 Å². The Bertz CT molecular complexity index is 1600. The fourth-order valence-electron chi connectivity index (χ4n) is 4.02. The van der Waals surface area contributed by atoms with Crippen LogP contribution < -0.4 is 10.2 Å². The van der Waals surface area contributed by atoms with Crippen molar-refractivity contribution in [1.29, 1.82) is 0 Å². The predicted octanol–water partition coefficient (Wildman–Crippen LogP) is 8.26. The Labute approximate surface area is 216 Å². The summed E-state index contributed by atoms with van der Waals surface area (Å²) in [5.41, 5.74) is 2.90. The summed E-state index contributed by atoms with van der Waals surface area (Å²) in [7, 11) is 0. The van der Waals surface area contributed by atoms with E-state index in [1.165, 1.54) is 18.4 Å². The fraction of sp³-hybridized carbons (Fsp3) is 0.143. The molecule has 2 heterocycles. The van der Waals surface area contributed by atoms with Gasteiger partial charge in [0, 0.05) is 17.5 Å². The first-order valence-corrected chi connectivity index (χ1v) is 12.0. The Balaban J connectivity index is 1.47. The molecular weight excluding hydrogens is 504 g/mol. The van der Waals surface area contributed by atoms with Gasteiger partial charge in [0.1, 0.15) is 41.5 Å². The van der Waals surface area contributed by atoms with Crippen LogP contribution in [0.1, 0.15) is 31.1 Å². The summed E-state index contributed by atoms with van der Waals surface area (Å²) in [6.45, 7) is 4.12. The van der Waals surface area contributed by atoms with Gasteiger partial charge in [0.2, 0.25) is 0 Å². The maximum atomic E-state index is 13.3. The van der Waals surface area contributed by atoms with E-state index < -0.39 is 0 Å². The summed E-state index contributed by atoms with van der Waals surface area (Å²) >= 11 is 12.8. The minimum absolute atomic E-state index is 0.0469. The largest absolute Gasteiger partial charge is 0.489 e. The van der Waals surface area contributed by atoms with Gasteiger partial charge in [0.15, 0.2) is 5.43 Å². The highest BCUT2D eigenvalue weighted by molar-refractivity contribution is 6.39. The van der Waals surface area contributed by atoms with Gasteiger partial charge in [0.25, 0.3) is 0 Å². The molecule has 0 saturated heterocycles. The number of fused-ring (bicyclic) bond motifs is 1. The molecule has 36 heavy (non-hydrogen) atoms. The van der Waals surface area contributed by atoms with E-state index in [1.807, 2.05) is 13.8 Å². The molecular formula is C28H20Cl2FNO4. The monoisotopic (exact) mass is 523 g/mol. The van der Waals surface area contributed by atoms with Gasteiger partial charge in [-0.15, -0.1) is 0 Å². The van der Waals surface area contributed by atoms with Crippen molar-refractivity contribution in [1.82, 2.24) is 5.16 Å². The Kier molecular flexibility index (Phi) is 6.56. The molecule has 0 spiro atoms. The topological polar surface area (TPSA) is 65.5 Å². The van der Waals surface area contributed by atoms with Gasteiger partial charge in [-0.2, -0.15) is 0 Å². The van der Waals surface area contributed by atoms with Gasteiger partial charge in [-0.25, -0.2) is 4.39 Å². The van der Waals surface area contributed by atoms with E-state index in [4.69, 9.17) is 36.9 Å². The fourth-order valence-corrected chi connectivity index (χ4v) is 4.59. The number of ether oxygens (including phenoxy) is 1. The van der Waals surface area contributed by atoms with Crippen LogP contribution in [-0.2, 0) is 6.61 Å². The number of nitrogens with zero attached hydrogens (tertiary/aromatic N) is 1. The molecule has 0 amide bonds. The lowest BCUT2D eigenvalue weighted by atomic mass is 10.0. The van der Waals surface area contributed by atoms with Crippen LogP contribution >= 0.6 is 23.2 Å². The maximum Gasteiger partial charge on any atom is 0.200 e. The SMILES string of the molecule is CC(C)c1onc(-c2c(Cl)cccc2Cl)c1COc1ccc2c(=O)c(-c3ccc(F)cc3)coc2c1. The second-order valence-electron chi connectivity index (χ2n) is 8.56. The molecule has 5 aromatic rings. The zero-order valence-corrected chi connectivity index (χ0v) is 20.9. The van der Waals surface area contributed by atoms with E-state index in [1.54, 1.807) is 48.5 Å². The first-order chi connectivity index (χ1) is 17.3. The lowest BCUT2D eigenvalue weighted by molar-refractivity contribution is 0.298. The maximum absolute atomic E-state index is 13.3. The average molecular weight is 524 g/mol. The van der Waals surface area contributed by atoms with Gasteiger partial charge >= 0.3 is 0 Å².